The van der Waals surface area contributed by atoms with E-state index in [1.54, 1.807) is 4.90 Å². The normalized spacial score (nSPS) is 24.4. The van der Waals surface area contributed by atoms with E-state index in [1.807, 2.05) is 19.1 Å². The van der Waals surface area contributed by atoms with Gasteiger partial charge in [0.2, 0.25) is 5.91 Å². The summed E-state index contributed by atoms with van der Waals surface area (Å²) in [5.74, 6) is 0.671. The van der Waals surface area contributed by atoms with Gasteiger partial charge in [0.15, 0.2) is 9.84 Å². The van der Waals surface area contributed by atoms with Crippen molar-refractivity contribution in [2.75, 3.05) is 43.4 Å². The number of sulfone groups is 1. The average molecular weight is 438 g/mol. The summed E-state index contributed by atoms with van der Waals surface area (Å²) >= 11 is 0. The fourth-order valence-corrected chi connectivity index (χ4v) is 6.09. The number of carbonyl (C=O) groups excluding carboxylic acids is 1. The highest BCUT2D eigenvalue weighted by atomic mass is 32.2. The maximum atomic E-state index is 13.1. The van der Waals surface area contributed by atoms with Gasteiger partial charge in [-0.25, -0.2) is 8.42 Å². The number of ether oxygens (including phenoxy) is 1. The molecule has 3 aliphatic rings. The van der Waals surface area contributed by atoms with Gasteiger partial charge in [-0.1, -0.05) is 13.8 Å². The second kappa shape index (κ2) is 8.75. The first-order valence-electron chi connectivity index (χ1n) is 10.8. The van der Waals surface area contributed by atoms with Crippen LogP contribution in [0.15, 0.2) is 24.3 Å². The molecule has 0 radical (unpaired) electrons. The first-order chi connectivity index (χ1) is 14.1. The summed E-state index contributed by atoms with van der Waals surface area (Å²) in [5, 5.41) is -1.06. The Bertz CT molecular complexity index is 854. The minimum atomic E-state index is -3.53. The van der Waals surface area contributed by atoms with Crippen LogP contribution in [0.3, 0.4) is 0 Å². The summed E-state index contributed by atoms with van der Waals surface area (Å²) in [4.78, 5) is 17.3. The molecule has 3 fully saturated rings. The number of piperidine rings is 1. The third kappa shape index (κ3) is 4.59. The lowest BCUT2D eigenvalue weighted by atomic mass is 9.73. The molecule has 1 amide bonds. The number of anilines is 1. The zero-order valence-corrected chi connectivity index (χ0v) is 19.3. The number of rotatable bonds is 7. The molecule has 1 aromatic rings. The monoisotopic (exact) mass is 437 g/mol. The summed E-state index contributed by atoms with van der Waals surface area (Å²) in [6, 6.07) is 8.22. The van der Waals surface area contributed by atoms with E-state index in [2.05, 4.69) is 30.9 Å². The number of hydrogen-bond acceptors (Lipinski definition) is 6. The van der Waals surface area contributed by atoms with Crippen LogP contribution < -0.4 is 15.4 Å². The zero-order chi connectivity index (χ0) is 22.1. The summed E-state index contributed by atoms with van der Waals surface area (Å²) in [6.45, 7) is 10.6. The fraction of sp³-hybridized carbons (Fsp3) is 0.682. The van der Waals surface area contributed by atoms with E-state index in [0.717, 1.165) is 24.4 Å². The van der Waals surface area contributed by atoms with Gasteiger partial charge >= 0.3 is 0 Å². The van der Waals surface area contributed by atoms with E-state index in [4.69, 9.17) is 10.5 Å². The molecule has 1 unspecified atom stereocenters. The second-order valence-corrected chi connectivity index (χ2v) is 11.6. The lowest BCUT2D eigenvalue weighted by molar-refractivity contribution is -0.130. The van der Waals surface area contributed by atoms with Crippen molar-refractivity contribution in [3.63, 3.8) is 0 Å². The highest BCUT2D eigenvalue weighted by Crippen LogP contribution is 2.43. The standard InChI is InChI=1S/C22H35N3O4S/c1-5-29-19-8-6-18(7-9-19)25-14-17-12-22(3,4)20(25)15-24(13-17)21(26)16(2)30(27,28)11-10-23/h6-9,16-17,20H,5,10-15,23H2,1-4H3/t16?,17-,20-/m1/s1. The van der Waals surface area contributed by atoms with Crippen molar-refractivity contribution >= 4 is 21.4 Å². The van der Waals surface area contributed by atoms with Crippen molar-refractivity contribution in [1.29, 1.82) is 0 Å². The Morgan fingerprint density at radius 1 is 1.23 bits per heavy atom. The predicted molar refractivity (Wildman–Crippen MR) is 120 cm³/mol. The van der Waals surface area contributed by atoms with Gasteiger partial charge in [-0.3, -0.25) is 4.79 Å². The molecule has 1 aromatic carbocycles. The Labute approximate surface area is 180 Å². The SMILES string of the molecule is CCOc1ccc(N2C[C@H]3CN(C(=O)C(C)S(=O)(=O)CCN)C[C@@H]2C(C)(C)C3)cc1. The molecule has 0 spiro atoms. The van der Waals surface area contributed by atoms with Crippen LogP contribution in [-0.2, 0) is 14.6 Å². The van der Waals surface area contributed by atoms with Crippen LogP contribution in [0, 0.1) is 11.3 Å². The largest absolute Gasteiger partial charge is 0.494 e. The first kappa shape index (κ1) is 22.9. The lowest BCUT2D eigenvalue weighted by Gasteiger charge is -2.48. The van der Waals surface area contributed by atoms with E-state index in [-0.39, 0.29) is 29.7 Å². The second-order valence-electron chi connectivity index (χ2n) is 9.19. The van der Waals surface area contributed by atoms with Gasteiger partial charge in [-0.15, -0.1) is 0 Å². The highest BCUT2D eigenvalue weighted by molar-refractivity contribution is 7.92. The summed E-state index contributed by atoms with van der Waals surface area (Å²) in [6.07, 6.45) is 1.01. The topological polar surface area (TPSA) is 92.9 Å². The van der Waals surface area contributed by atoms with Gasteiger partial charge in [0, 0.05) is 31.9 Å². The molecule has 4 rings (SSSR count). The third-order valence-electron chi connectivity index (χ3n) is 6.50. The summed E-state index contributed by atoms with van der Waals surface area (Å²) in [7, 11) is -3.53. The quantitative estimate of drug-likeness (QED) is 0.700. The third-order valence-corrected chi connectivity index (χ3v) is 8.58. The Hall–Kier alpha value is -1.80. The van der Waals surface area contributed by atoms with Gasteiger partial charge in [-0.05, 0) is 55.9 Å². The van der Waals surface area contributed by atoms with E-state index >= 15 is 0 Å². The smallest absolute Gasteiger partial charge is 0.240 e. The van der Waals surface area contributed by atoms with Crippen molar-refractivity contribution in [1.82, 2.24) is 4.90 Å². The molecule has 3 saturated heterocycles. The number of nitrogens with zero attached hydrogens (tertiary/aromatic N) is 2. The molecule has 168 valence electrons. The molecule has 7 nitrogen and oxygen atoms in total. The molecule has 0 saturated carbocycles. The van der Waals surface area contributed by atoms with Crippen LogP contribution in [0.5, 0.6) is 5.75 Å². The minimum Gasteiger partial charge on any atom is -0.494 e. The van der Waals surface area contributed by atoms with Gasteiger partial charge in [0.25, 0.3) is 0 Å². The number of hydrogen-bond donors (Lipinski definition) is 1. The number of nitrogens with two attached hydrogens (primary N) is 1. The number of amides is 1. The van der Waals surface area contributed by atoms with Gasteiger partial charge in [0.05, 0.1) is 18.4 Å². The van der Waals surface area contributed by atoms with Gasteiger partial charge in [-0.2, -0.15) is 0 Å². The van der Waals surface area contributed by atoms with Crippen LogP contribution in [-0.4, -0.2) is 69.1 Å². The van der Waals surface area contributed by atoms with E-state index in [1.165, 1.54) is 6.92 Å². The summed E-state index contributed by atoms with van der Waals surface area (Å²) < 4.78 is 30.4. The average Bonchev–Trinajstić information content (AvgIpc) is 2.94. The zero-order valence-electron chi connectivity index (χ0n) is 18.5. The Morgan fingerprint density at radius 2 is 1.90 bits per heavy atom. The molecule has 3 aliphatic heterocycles. The molecule has 0 aliphatic carbocycles. The fourth-order valence-electron chi connectivity index (χ4n) is 4.95. The number of fused-ring (bicyclic) bond motifs is 4. The number of carbonyl (C=O) groups is 1. The van der Waals surface area contributed by atoms with Gasteiger partial charge in [0.1, 0.15) is 11.0 Å². The van der Waals surface area contributed by atoms with Crippen LogP contribution in [0.2, 0.25) is 0 Å². The molecule has 30 heavy (non-hydrogen) atoms. The van der Waals surface area contributed by atoms with E-state index < -0.39 is 15.1 Å². The first-order valence-corrected chi connectivity index (χ1v) is 12.5. The highest BCUT2D eigenvalue weighted by Gasteiger charge is 2.47. The molecule has 0 aromatic heterocycles. The lowest BCUT2D eigenvalue weighted by Crippen LogP contribution is -2.54. The van der Waals surface area contributed by atoms with E-state index in [9.17, 15) is 13.2 Å². The summed E-state index contributed by atoms with van der Waals surface area (Å²) in [5.41, 5.74) is 6.56. The van der Waals surface area contributed by atoms with Crippen LogP contribution >= 0.6 is 0 Å². The molecular formula is C22H35N3O4S. The van der Waals surface area contributed by atoms with Crippen LogP contribution in [0.25, 0.3) is 0 Å². The van der Waals surface area contributed by atoms with Crippen LogP contribution in [0.4, 0.5) is 5.69 Å². The minimum absolute atomic E-state index is 0.00983. The Morgan fingerprint density at radius 3 is 2.50 bits per heavy atom. The van der Waals surface area contributed by atoms with Crippen molar-refractivity contribution in [3.8, 4) is 5.75 Å². The molecule has 2 N–H and O–H groups in total. The van der Waals surface area contributed by atoms with Crippen molar-refractivity contribution in [2.24, 2.45) is 17.1 Å². The molecule has 8 heteroatoms. The predicted octanol–water partition coefficient (Wildman–Crippen LogP) is 1.91. The molecular weight excluding hydrogens is 402 g/mol. The van der Waals surface area contributed by atoms with Crippen LogP contribution in [0.1, 0.15) is 34.1 Å². The van der Waals surface area contributed by atoms with Crippen molar-refractivity contribution in [3.05, 3.63) is 24.3 Å². The Kier molecular flexibility index (Phi) is 6.67. The van der Waals surface area contributed by atoms with E-state index in [0.29, 0.717) is 25.6 Å². The number of benzene rings is 1. The maximum Gasteiger partial charge on any atom is 0.240 e. The maximum absolute atomic E-state index is 13.1. The molecule has 2 bridgehead atoms. The Balaban J connectivity index is 1.85. The molecule has 3 heterocycles. The van der Waals surface area contributed by atoms with Gasteiger partial charge < -0.3 is 20.3 Å². The van der Waals surface area contributed by atoms with Crippen molar-refractivity contribution in [2.45, 2.75) is 45.4 Å². The molecule has 3 atom stereocenters. The van der Waals surface area contributed by atoms with Crippen molar-refractivity contribution < 1.29 is 17.9 Å².